The Morgan fingerprint density at radius 1 is 1.15 bits per heavy atom. The average Bonchev–Trinajstić information content (AvgIpc) is 3.11. The van der Waals surface area contributed by atoms with Crippen molar-refractivity contribution < 1.29 is 13.6 Å². The maximum absolute atomic E-state index is 13.7. The number of benzene rings is 2. The number of rotatable bonds is 6. The van der Waals surface area contributed by atoms with E-state index in [1.165, 1.54) is 5.56 Å². The van der Waals surface area contributed by atoms with E-state index in [2.05, 4.69) is 22.3 Å². The molecule has 1 saturated carbocycles. The van der Waals surface area contributed by atoms with Crippen molar-refractivity contribution >= 4 is 5.91 Å². The van der Waals surface area contributed by atoms with Crippen molar-refractivity contribution in [2.45, 2.75) is 31.3 Å². The SMILES string of the molecule is O=C(Cc1cc(F)ccc1F)NCC12CC(CN1Cc1ccccc1)C2. The average molecular weight is 356 g/mol. The molecule has 3 fully saturated rings. The van der Waals surface area contributed by atoms with Gasteiger partial charge in [0.05, 0.1) is 6.42 Å². The Labute approximate surface area is 152 Å². The minimum Gasteiger partial charge on any atom is -0.354 e. The van der Waals surface area contributed by atoms with Gasteiger partial charge in [0, 0.05) is 30.7 Å². The maximum atomic E-state index is 13.7. The Hall–Kier alpha value is -2.27. The third-order valence-corrected chi connectivity index (χ3v) is 5.68. The topological polar surface area (TPSA) is 32.3 Å². The standard InChI is InChI=1S/C21H22F2N2O/c22-18-6-7-19(23)17(8-18)9-20(26)24-14-21-10-16(11-21)13-25(21)12-15-4-2-1-3-5-15/h1-8,16H,9-14H2,(H,24,26). The summed E-state index contributed by atoms with van der Waals surface area (Å²) in [5.74, 6) is -0.635. The van der Waals surface area contributed by atoms with Gasteiger partial charge in [-0.15, -0.1) is 0 Å². The molecule has 0 radical (unpaired) electrons. The van der Waals surface area contributed by atoms with Gasteiger partial charge in [0.25, 0.3) is 0 Å². The predicted octanol–water partition coefficient (Wildman–Crippen LogP) is 3.29. The number of fused-ring (bicyclic) bond motifs is 1. The molecular weight excluding hydrogens is 334 g/mol. The van der Waals surface area contributed by atoms with Crippen LogP contribution in [-0.4, -0.2) is 29.4 Å². The molecule has 0 spiro atoms. The predicted molar refractivity (Wildman–Crippen MR) is 95.4 cm³/mol. The Balaban J connectivity index is 1.36. The van der Waals surface area contributed by atoms with Crippen LogP contribution < -0.4 is 5.32 Å². The normalized spacial score (nSPS) is 24.3. The van der Waals surface area contributed by atoms with Gasteiger partial charge >= 0.3 is 0 Å². The van der Waals surface area contributed by atoms with Gasteiger partial charge < -0.3 is 5.32 Å². The van der Waals surface area contributed by atoms with Gasteiger partial charge in [-0.25, -0.2) is 8.78 Å². The molecule has 5 heteroatoms. The summed E-state index contributed by atoms with van der Waals surface area (Å²) in [4.78, 5) is 14.7. The molecule has 5 rings (SSSR count). The second-order valence-electron chi connectivity index (χ2n) is 7.55. The van der Waals surface area contributed by atoms with E-state index in [4.69, 9.17) is 0 Å². The molecule has 1 amide bonds. The molecular formula is C21H22F2N2O. The van der Waals surface area contributed by atoms with Gasteiger partial charge in [0.15, 0.2) is 0 Å². The van der Waals surface area contributed by atoms with Gasteiger partial charge in [-0.2, -0.15) is 0 Å². The molecule has 2 saturated heterocycles. The van der Waals surface area contributed by atoms with Gasteiger partial charge in [-0.1, -0.05) is 30.3 Å². The Kier molecular flexibility index (Phi) is 4.49. The van der Waals surface area contributed by atoms with Crippen molar-refractivity contribution in [3.63, 3.8) is 0 Å². The minimum absolute atomic E-state index is 0.0106. The third kappa shape index (κ3) is 3.36. The van der Waals surface area contributed by atoms with Crippen molar-refractivity contribution in [3.05, 3.63) is 71.3 Å². The highest BCUT2D eigenvalue weighted by atomic mass is 19.1. The van der Waals surface area contributed by atoms with Gasteiger partial charge in [0.2, 0.25) is 5.91 Å². The van der Waals surface area contributed by atoms with Crippen LogP contribution in [0.5, 0.6) is 0 Å². The highest BCUT2D eigenvalue weighted by Crippen LogP contribution is 2.50. The quantitative estimate of drug-likeness (QED) is 0.861. The lowest BCUT2D eigenvalue weighted by Gasteiger charge is -2.42. The molecule has 2 heterocycles. The summed E-state index contributed by atoms with van der Waals surface area (Å²) in [5, 5.41) is 2.94. The highest BCUT2D eigenvalue weighted by molar-refractivity contribution is 5.78. The second-order valence-corrected chi connectivity index (χ2v) is 7.55. The van der Waals surface area contributed by atoms with Crippen LogP contribution in [0.1, 0.15) is 24.0 Å². The van der Waals surface area contributed by atoms with Crippen LogP contribution in [0, 0.1) is 17.6 Å². The number of hydrogen-bond acceptors (Lipinski definition) is 2. The van der Waals surface area contributed by atoms with Crippen LogP contribution in [0.15, 0.2) is 48.5 Å². The number of nitrogens with one attached hydrogen (secondary N) is 1. The highest BCUT2D eigenvalue weighted by Gasteiger charge is 2.55. The molecule has 2 aromatic carbocycles. The molecule has 1 N–H and O–H groups in total. The minimum atomic E-state index is -0.546. The van der Waals surface area contributed by atoms with Crippen LogP contribution in [0.3, 0.4) is 0 Å². The number of halogens is 2. The largest absolute Gasteiger partial charge is 0.354 e. The van der Waals surface area contributed by atoms with Crippen LogP contribution in [0.25, 0.3) is 0 Å². The number of carbonyl (C=O) groups excluding carboxylic acids is 1. The third-order valence-electron chi connectivity index (χ3n) is 5.68. The van der Waals surface area contributed by atoms with E-state index in [1.807, 2.05) is 18.2 Å². The zero-order chi connectivity index (χ0) is 18.1. The van der Waals surface area contributed by atoms with Crippen molar-refractivity contribution in [2.75, 3.05) is 13.1 Å². The summed E-state index contributed by atoms with van der Waals surface area (Å²) in [5.41, 5.74) is 1.38. The van der Waals surface area contributed by atoms with E-state index in [0.29, 0.717) is 12.5 Å². The maximum Gasteiger partial charge on any atom is 0.224 e. The summed E-state index contributed by atoms with van der Waals surface area (Å²) in [6, 6.07) is 13.5. The fourth-order valence-electron chi connectivity index (χ4n) is 4.38. The summed E-state index contributed by atoms with van der Waals surface area (Å²) >= 11 is 0. The Morgan fingerprint density at radius 2 is 1.92 bits per heavy atom. The van der Waals surface area contributed by atoms with Crippen molar-refractivity contribution in [1.82, 2.24) is 10.2 Å². The van der Waals surface area contributed by atoms with Gasteiger partial charge in [-0.05, 0) is 42.5 Å². The molecule has 0 atom stereocenters. The fraction of sp³-hybridized carbons (Fsp3) is 0.381. The van der Waals surface area contributed by atoms with Crippen LogP contribution >= 0.6 is 0 Å². The van der Waals surface area contributed by atoms with Crippen LogP contribution in [-0.2, 0) is 17.8 Å². The lowest BCUT2D eigenvalue weighted by molar-refractivity contribution is -0.121. The van der Waals surface area contributed by atoms with Crippen molar-refractivity contribution in [3.8, 4) is 0 Å². The molecule has 0 aromatic heterocycles. The molecule has 3 nitrogen and oxygen atoms in total. The number of amides is 1. The molecule has 3 aliphatic rings. The van der Waals surface area contributed by atoms with Crippen LogP contribution in [0.4, 0.5) is 8.78 Å². The molecule has 1 aliphatic carbocycles. The summed E-state index contributed by atoms with van der Waals surface area (Å²) in [6.07, 6.45) is 2.05. The first kappa shape index (κ1) is 17.2. The first-order chi connectivity index (χ1) is 12.5. The van der Waals surface area contributed by atoms with E-state index in [9.17, 15) is 13.6 Å². The zero-order valence-electron chi connectivity index (χ0n) is 14.6. The Morgan fingerprint density at radius 3 is 2.69 bits per heavy atom. The van der Waals surface area contributed by atoms with Gasteiger partial charge in [-0.3, -0.25) is 9.69 Å². The zero-order valence-corrected chi connectivity index (χ0v) is 14.6. The summed E-state index contributed by atoms with van der Waals surface area (Å²) in [7, 11) is 0. The second kappa shape index (κ2) is 6.80. The smallest absolute Gasteiger partial charge is 0.224 e. The Bertz CT molecular complexity index is 803. The lowest BCUT2D eigenvalue weighted by atomic mass is 9.73. The number of hydrogen-bond donors (Lipinski definition) is 1. The molecule has 26 heavy (non-hydrogen) atoms. The van der Waals surface area contributed by atoms with E-state index in [0.717, 1.165) is 44.1 Å². The van der Waals surface area contributed by atoms with Gasteiger partial charge in [0.1, 0.15) is 11.6 Å². The van der Waals surface area contributed by atoms with Crippen molar-refractivity contribution in [1.29, 1.82) is 0 Å². The molecule has 136 valence electrons. The fourth-order valence-corrected chi connectivity index (χ4v) is 4.38. The van der Waals surface area contributed by atoms with Crippen molar-refractivity contribution in [2.24, 2.45) is 5.92 Å². The molecule has 0 unspecified atom stereocenters. The molecule has 2 aliphatic heterocycles. The van der Waals surface area contributed by atoms with E-state index in [1.54, 1.807) is 0 Å². The van der Waals surface area contributed by atoms with E-state index < -0.39 is 11.6 Å². The first-order valence-electron chi connectivity index (χ1n) is 9.04. The number of nitrogens with zero attached hydrogens (tertiary/aromatic N) is 1. The summed E-state index contributed by atoms with van der Waals surface area (Å²) < 4.78 is 27.0. The molecule has 2 bridgehead atoms. The number of carbonyl (C=O) groups is 1. The first-order valence-corrected chi connectivity index (χ1v) is 9.04. The van der Waals surface area contributed by atoms with Crippen LogP contribution in [0.2, 0.25) is 0 Å². The molecule has 2 aromatic rings. The monoisotopic (exact) mass is 356 g/mol. The summed E-state index contributed by atoms with van der Waals surface area (Å²) in [6.45, 7) is 2.50. The lowest BCUT2D eigenvalue weighted by Crippen LogP contribution is -2.54. The van der Waals surface area contributed by atoms with E-state index >= 15 is 0 Å². The van der Waals surface area contributed by atoms with E-state index in [-0.39, 0.29) is 23.4 Å².